The molecule has 0 spiro atoms. The first kappa shape index (κ1) is 25.2. The monoisotopic (exact) mass is 396 g/mol. The van der Waals surface area contributed by atoms with Gasteiger partial charge in [-0.15, -0.1) is 11.5 Å². The summed E-state index contributed by atoms with van der Waals surface area (Å²) in [5.74, 6) is 2.06. The molecule has 2 atom stereocenters. The highest BCUT2D eigenvalue weighted by atomic mass is 28.3. The van der Waals surface area contributed by atoms with Crippen molar-refractivity contribution in [3.8, 4) is 11.5 Å². The van der Waals surface area contributed by atoms with E-state index in [-0.39, 0.29) is 23.3 Å². The van der Waals surface area contributed by atoms with Crippen molar-refractivity contribution in [1.82, 2.24) is 10.6 Å². The Morgan fingerprint density at radius 2 is 1.63 bits per heavy atom. The van der Waals surface area contributed by atoms with Gasteiger partial charge in [-0.3, -0.25) is 9.59 Å². The van der Waals surface area contributed by atoms with Crippen molar-refractivity contribution in [1.29, 1.82) is 0 Å². The maximum atomic E-state index is 12.6. The Labute approximate surface area is 165 Å². The van der Waals surface area contributed by atoms with Crippen LogP contribution in [0.4, 0.5) is 0 Å². The van der Waals surface area contributed by atoms with Crippen molar-refractivity contribution >= 4 is 25.9 Å². The highest BCUT2D eigenvalue weighted by Crippen LogP contribution is 2.35. The molecule has 0 rings (SSSR count). The number of hydrogen-bond acceptors (Lipinski definition) is 4. The van der Waals surface area contributed by atoms with E-state index in [2.05, 4.69) is 56.0 Å². The van der Waals surface area contributed by atoms with Gasteiger partial charge in [0, 0.05) is 13.3 Å². The van der Waals surface area contributed by atoms with Crippen molar-refractivity contribution in [2.45, 2.75) is 84.6 Å². The zero-order valence-electron chi connectivity index (χ0n) is 18.3. The van der Waals surface area contributed by atoms with Crippen LogP contribution in [0.2, 0.25) is 18.1 Å². The van der Waals surface area contributed by atoms with E-state index in [9.17, 15) is 14.4 Å². The Balaban J connectivity index is 5.30. The van der Waals surface area contributed by atoms with E-state index in [1.807, 2.05) is 13.8 Å². The molecule has 6 nitrogen and oxygen atoms in total. The van der Waals surface area contributed by atoms with Crippen LogP contribution < -0.4 is 10.6 Å². The van der Waals surface area contributed by atoms with Crippen LogP contribution in [0.25, 0.3) is 0 Å². The number of nitrogens with one attached hydrogen (secondary N) is 2. The van der Waals surface area contributed by atoms with E-state index in [0.29, 0.717) is 6.42 Å². The zero-order valence-corrected chi connectivity index (χ0v) is 19.3. The largest absolute Gasteiger partial charge is 0.467 e. The smallest absolute Gasteiger partial charge is 0.329 e. The number of esters is 1. The summed E-state index contributed by atoms with van der Waals surface area (Å²) in [5.41, 5.74) is 3.34. The fourth-order valence-electron chi connectivity index (χ4n) is 2.12. The Morgan fingerprint density at radius 3 is 2.04 bits per heavy atom. The first-order valence-electron chi connectivity index (χ1n) is 9.36. The van der Waals surface area contributed by atoms with Crippen molar-refractivity contribution < 1.29 is 19.1 Å². The second-order valence-corrected chi connectivity index (χ2v) is 13.8. The number of methoxy groups -OCH3 is 1. The summed E-state index contributed by atoms with van der Waals surface area (Å²) < 4.78 is 4.81. The standard InChI is InChI=1S/C20H36N2O4Si/c1-14(2)13-17(21-15(3)23)18(24)22-16(19(25)26-7)11-10-12-27(8,9)20(4,5)6/h14,16-17H,11,13H2,1-9H3,(H,21,23)(H,22,24)/t16-,17+/m1/s1. The van der Waals surface area contributed by atoms with Crippen molar-refractivity contribution in [3.05, 3.63) is 0 Å². The van der Waals surface area contributed by atoms with Gasteiger partial charge in [-0.1, -0.05) is 47.7 Å². The first-order valence-corrected chi connectivity index (χ1v) is 12.4. The maximum absolute atomic E-state index is 12.6. The molecule has 0 radical (unpaired) electrons. The molecule has 0 aromatic carbocycles. The molecule has 0 aromatic rings. The molecule has 0 saturated carbocycles. The minimum absolute atomic E-state index is 0.109. The lowest BCUT2D eigenvalue weighted by molar-refractivity contribution is -0.145. The SMILES string of the molecule is COC(=O)[C@@H](CC#C[Si](C)(C)C(C)(C)C)NC(=O)[C@H](CC(C)C)NC(C)=O. The molecule has 2 amide bonds. The average Bonchev–Trinajstić information content (AvgIpc) is 2.50. The summed E-state index contributed by atoms with van der Waals surface area (Å²) in [6, 6.07) is -1.55. The summed E-state index contributed by atoms with van der Waals surface area (Å²) in [6.45, 7) is 16.1. The van der Waals surface area contributed by atoms with Gasteiger partial charge in [-0.25, -0.2) is 4.79 Å². The molecule has 0 heterocycles. The van der Waals surface area contributed by atoms with Gasteiger partial charge in [-0.05, 0) is 17.4 Å². The summed E-state index contributed by atoms with van der Waals surface area (Å²) in [6.07, 6.45) is 0.661. The minimum atomic E-state index is -1.80. The number of rotatable bonds is 7. The molecule has 2 N–H and O–H groups in total. The van der Waals surface area contributed by atoms with Gasteiger partial charge in [0.1, 0.15) is 20.2 Å². The number of carbonyl (C=O) groups is 3. The number of carbonyl (C=O) groups excluding carboxylic acids is 3. The predicted molar refractivity (Wildman–Crippen MR) is 111 cm³/mol. The predicted octanol–water partition coefficient (Wildman–Crippen LogP) is 2.64. The van der Waals surface area contributed by atoms with Crippen LogP contribution in [0.3, 0.4) is 0 Å². The van der Waals surface area contributed by atoms with Gasteiger partial charge >= 0.3 is 5.97 Å². The Bertz CT molecular complexity index is 597. The molecule has 0 unspecified atom stereocenters. The third-order valence-corrected chi connectivity index (χ3v) is 9.34. The van der Waals surface area contributed by atoms with Gasteiger partial charge in [0.2, 0.25) is 11.8 Å². The fraction of sp³-hybridized carbons (Fsp3) is 0.750. The highest BCUT2D eigenvalue weighted by Gasteiger charge is 2.34. The average molecular weight is 397 g/mol. The molecule has 0 aliphatic rings. The minimum Gasteiger partial charge on any atom is -0.467 e. The van der Waals surface area contributed by atoms with Crippen LogP contribution in [0.15, 0.2) is 0 Å². The van der Waals surface area contributed by atoms with Gasteiger partial charge in [-0.2, -0.15) is 0 Å². The highest BCUT2D eigenvalue weighted by molar-refractivity contribution is 6.87. The topological polar surface area (TPSA) is 84.5 Å². The van der Waals surface area contributed by atoms with E-state index in [4.69, 9.17) is 4.74 Å². The van der Waals surface area contributed by atoms with E-state index >= 15 is 0 Å². The van der Waals surface area contributed by atoms with Crippen molar-refractivity contribution in [2.24, 2.45) is 5.92 Å². The lowest BCUT2D eigenvalue weighted by Crippen LogP contribution is -2.51. The number of ether oxygens (including phenoxy) is 1. The molecule has 0 fully saturated rings. The molecule has 0 aliphatic carbocycles. The molecule has 0 saturated heterocycles. The lowest BCUT2D eigenvalue weighted by atomic mass is 10.0. The van der Waals surface area contributed by atoms with Crippen molar-refractivity contribution in [2.75, 3.05) is 7.11 Å². The molecule has 0 aromatic heterocycles. The van der Waals surface area contributed by atoms with Gasteiger partial charge in [0.05, 0.1) is 7.11 Å². The van der Waals surface area contributed by atoms with E-state index in [1.165, 1.54) is 14.0 Å². The van der Waals surface area contributed by atoms with Gasteiger partial charge in [0.15, 0.2) is 0 Å². The number of amides is 2. The fourth-order valence-corrected chi connectivity index (χ4v) is 3.04. The summed E-state index contributed by atoms with van der Waals surface area (Å²) in [5, 5.41) is 5.44. The molecular formula is C20H36N2O4Si. The summed E-state index contributed by atoms with van der Waals surface area (Å²) in [4.78, 5) is 36.1. The molecule has 154 valence electrons. The summed E-state index contributed by atoms with van der Waals surface area (Å²) >= 11 is 0. The van der Waals surface area contributed by atoms with Crippen LogP contribution in [0.5, 0.6) is 0 Å². The van der Waals surface area contributed by atoms with Crippen LogP contribution >= 0.6 is 0 Å². The lowest BCUT2D eigenvalue weighted by Gasteiger charge is -2.31. The van der Waals surface area contributed by atoms with Gasteiger partial charge in [0.25, 0.3) is 0 Å². The summed E-state index contributed by atoms with van der Waals surface area (Å²) in [7, 11) is -0.525. The van der Waals surface area contributed by atoms with E-state index in [1.54, 1.807) is 0 Å². The Morgan fingerprint density at radius 1 is 1.07 bits per heavy atom. The maximum Gasteiger partial charge on any atom is 0.329 e. The van der Waals surface area contributed by atoms with Gasteiger partial charge < -0.3 is 15.4 Å². The zero-order chi connectivity index (χ0) is 21.4. The molecule has 27 heavy (non-hydrogen) atoms. The normalized spacial score (nSPS) is 13.9. The van der Waals surface area contributed by atoms with Crippen LogP contribution in [-0.4, -0.2) is 45.1 Å². The molecule has 0 aliphatic heterocycles. The molecular weight excluding hydrogens is 360 g/mol. The van der Waals surface area contributed by atoms with Crippen LogP contribution in [-0.2, 0) is 19.1 Å². The second-order valence-electron chi connectivity index (χ2n) is 8.85. The van der Waals surface area contributed by atoms with Crippen LogP contribution in [0.1, 0.15) is 54.4 Å². The number of hydrogen-bond donors (Lipinski definition) is 2. The van der Waals surface area contributed by atoms with Crippen LogP contribution in [0, 0.1) is 17.4 Å². The third-order valence-electron chi connectivity index (χ3n) is 4.79. The second kappa shape index (κ2) is 10.5. The third kappa shape index (κ3) is 9.09. The molecule has 0 bridgehead atoms. The van der Waals surface area contributed by atoms with E-state index < -0.39 is 32.0 Å². The van der Waals surface area contributed by atoms with E-state index in [0.717, 1.165) is 0 Å². The first-order chi connectivity index (χ1) is 12.2. The quantitative estimate of drug-likeness (QED) is 0.394. The van der Waals surface area contributed by atoms with Crippen molar-refractivity contribution in [3.63, 3.8) is 0 Å². The Hall–Kier alpha value is -1.81. The Kier molecular flexibility index (Phi) is 9.80. The molecule has 7 heteroatoms.